The molecule has 6 heteroatoms. The molecule has 21 heavy (non-hydrogen) atoms. The van der Waals surface area contributed by atoms with Gasteiger partial charge in [0.1, 0.15) is 11.1 Å². The van der Waals surface area contributed by atoms with Gasteiger partial charge in [0.05, 0.1) is 19.0 Å². The Morgan fingerprint density at radius 2 is 2.24 bits per heavy atom. The highest BCUT2D eigenvalue weighted by Gasteiger charge is 2.33. The smallest absolute Gasteiger partial charge is 0.233 e. The van der Waals surface area contributed by atoms with Crippen molar-refractivity contribution in [2.45, 2.75) is 12.3 Å². The van der Waals surface area contributed by atoms with Gasteiger partial charge in [0, 0.05) is 23.6 Å². The van der Waals surface area contributed by atoms with Gasteiger partial charge in [0.25, 0.3) is 0 Å². The van der Waals surface area contributed by atoms with Crippen molar-refractivity contribution in [3.8, 4) is 5.75 Å². The molecular weight excluding hydrogens is 306 g/mol. The summed E-state index contributed by atoms with van der Waals surface area (Å²) in [5.41, 5.74) is 1.07. The normalized spacial score (nSPS) is 18.3. The summed E-state index contributed by atoms with van der Waals surface area (Å²) in [6, 6.07) is 7.94. The van der Waals surface area contributed by atoms with Crippen molar-refractivity contribution in [3.05, 3.63) is 29.8 Å². The molecule has 2 rings (SSSR count). The van der Waals surface area contributed by atoms with Gasteiger partial charge in [-0.15, -0.1) is 11.8 Å². The number of nitrogens with zero attached hydrogens (tertiary/aromatic N) is 1. The molecule has 1 aromatic rings. The highest BCUT2D eigenvalue weighted by molar-refractivity contribution is 8.00. The number of aliphatic hydroxyl groups excluding tert-OH is 1. The molecule has 116 valence electrons. The van der Waals surface area contributed by atoms with Gasteiger partial charge in [-0.3, -0.25) is 4.79 Å². The van der Waals surface area contributed by atoms with Crippen LogP contribution in [0.1, 0.15) is 17.9 Å². The molecule has 1 N–H and O–H groups in total. The average molecular weight is 327 g/mol. The van der Waals surface area contributed by atoms with E-state index in [0.717, 1.165) is 22.8 Å². The molecule has 1 unspecified atom stereocenters. The number of ether oxygens (including phenoxy) is 1. The van der Waals surface area contributed by atoms with Crippen molar-refractivity contribution in [3.63, 3.8) is 0 Å². The summed E-state index contributed by atoms with van der Waals surface area (Å²) in [5, 5.41) is 8.85. The van der Waals surface area contributed by atoms with Crippen LogP contribution in [0.4, 0.5) is 0 Å². The van der Waals surface area contributed by atoms with Crippen LogP contribution in [0.2, 0.25) is 0 Å². The predicted molar refractivity (Wildman–Crippen MR) is 88.9 cm³/mol. The zero-order valence-corrected chi connectivity index (χ0v) is 13.8. The molecule has 1 aliphatic heterocycles. The number of benzene rings is 1. The summed E-state index contributed by atoms with van der Waals surface area (Å²) in [6.07, 6.45) is 0. The molecule has 0 aromatic heterocycles. The average Bonchev–Trinajstić information content (AvgIpc) is 2.86. The fourth-order valence-corrected chi connectivity index (χ4v) is 4.16. The zero-order valence-electron chi connectivity index (χ0n) is 12.2. The number of hydrogen-bond donors (Lipinski definition) is 1. The van der Waals surface area contributed by atoms with Crippen LogP contribution >= 0.6 is 23.5 Å². The second kappa shape index (κ2) is 8.56. The quantitative estimate of drug-likeness (QED) is 0.743. The summed E-state index contributed by atoms with van der Waals surface area (Å²) >= 11 is 3.32. The van der Waals surface area contributed by atoms with Crippen LogP contribution < -0.4 is 4.74 Å². The lowest BCUT2D eigenvalue weighted by molar-refractivity contribution is -0.127. The van der Waals surface area contributed by atoms with Gasteiger partial charge in [-0.1, -0.05) is 18.2 Å². The number of carbonyl (C=O) groups is 1. The number of carbonyl (C=O) groups excluding carboxylic acids is 1. The third-order valence-electron chi connectivity index (χ3n) is 3.17. The Labute approximate surface area is 134 Å². The monoisotopic (exact) mass is 327 g/mol. The van der Waals surface area contributed by atoms with Crippen LogP contribution in [0.5, 0.6) is 5.75 Å². The van der Waals surface area contributed by atoms with Gasteiger partial charge in [0.15, 0.2) is 0 Å². The first-order valence-corrected chi connectivity index (χ1v) is 9.29. The maximum Gasteiger partial charge on any atom is 0.233 e. The van der Waals surface area contributed by atoms with Crippen LogP contribution in [0, 0.1) is 0 Å². The van der Waals surface area contributed by atoms with Crippen molar-refractivity contribution >= 4 is 29.4 Å². The minimum Gasteiger partial charge on any atom is -0.493 e. The molecule has 0 spiro atoms. The summed E-state index contributed by atoms with van der Waals surface area (Å²) in [6.45, 7) is 3.48. The number of thioether (sulfide) groups is 2. The third kappa shape index (κ3) is 4.31. The van der Waals surface area contributed by atoms with Gasteiger partial charge in [-0.05, 0) is 13.0 Å². The van der Waals surface area contributed by atoms with Crippen molar-refractivity contribution in [2.24, 2.45) is 0 Å². The van der Waals surface area contributed by atoms with Crippen molar-refractivity contribution in [2.75, 3.05) is 37.0 Å². The predicted octanol–water partition coefficient (Wildman–Crippen LogP) is 2.38. The Bertz CT molecular complexity index is 470. The fraction of sp³-hybridized carbons (Fsp3) is 0.533. The number of hydrogen-bond acceptors (Lipinski definition) is 5. The maximum absolute atomic E-state index is 12.1. The molecule has 0 bridgehead atoms. The topological polar surface area (TPSA) is 49.8 Å². The molecule has 0 aliphatic carbocycles. The van der Waals surface area contributed by atoms with E-state index < -0.39 is 0 Å². The van der Waals surface area contributed by atoms with E-state index in [9.17, 15) is 4.79 Å². The number of amides is 1. The Morgan fingerprint density at radius 1 is 1.43 bits per heavy atom. The zero-order chi connectivity index (χ0) is 15.1. The Kier molecular flexibility index (Phi) is 6.73. The number of para-hydroxylation sites is 1. The van der Waals surface area contributed by atoms with E-state index >= 15 is 0 Å². The van der Waals surface area contributed by atoms with Crippen LogP contribution in [0.3, 0.4) is 0 Å². The molecule has 1 saturated heterocycles. The van der Waals surface area contributed by atoms with E-state index in [4.69, 9.17) is 9.84 Å². The van der Waals surface area contributed by atoms with Crippen LogP contribution in [-0.2, 0) is 4.79 Å². The van der Waals surface area contributed by atoms with Gasteiger partial charge < -0.3 is 14.7 Å². The number of aliphatic hydroxyl groups is 1. The molecule has 1 heterocycles. The summed E-state index contributed by atoms with van der Waals surface area (Å²) in [5.74, 6) is 3.13. The largest absolute Gasteiger partial charge is 0.493 e. The minimum atomic E-state index is 0.0370. The lowest BCUT2D eigenvalue weighted by Gasteiger charge is -2.25. The molecule has 0 radical (unpaired) electrons. The van der Waals surface area contributed by atoms with E-state index in [1.165, 1.54) is 0 Å². The Hall–Kier alpha value is -0.850. The summed E-state index contributed by atoms with van der Waals surface area (Å²) in [7, 11) is 0. The van der Waals surface area contributed by atoms with Gasteiger partial charge in [-0.2, -0.15) is 11.8 Å². The first kappa shape index (κ1) is 16.5. The second-order valence-electron chi connectivity index (χ2n) is 4.56. The van der Waals surface area contributed by atoms with Crippen LogP contribution in [0.25, 0.3) is 0 Å². The summed E-state index contributed by atoms with van der Waals surface area (Å²) < 4.78 is 5.69. The molecule has 0 saturated carbocycles. The van der Waals surface area contributed by atoms with E-state index in [0.29, 0.717) is 18.9 Å². The van der Waals surface area contributed by atoms with Gasteiger partial charge in [0.2, 0.25) is 5.91 Å². The van der Waals surface area contributed by atoms with E-state index in [1.54, 1.807) is 23.5 Å². The maximum atomic E-state index is 12.1. The Morgan fingerprint density at radius 3 is 3.00 bits per heavy atom. The lowest BCUT2D eigenvalue weighted by atomic mass is 10.2. The van der Waals surface area contributed by atoms with Gasteiger partial charge >= 0.3 is 0 Å². The molecule has 1 aromatic carbocycles. The number of rotatable bonds is 8. The highest BCUT2D eigenvalue weighted by atomic mass is 32.2. The standard InChI is InChI=1S/C15H21NO3S2/c1-2-19-13-6-4-3-5-12(13)15-16(14(18)11-21-15)7-9-20-10-8-17/h3-6,15,17H,2,7-11H2,1H3. The third-order valence-corrected chi connectivity index (χ3v) is 5.35. The van der Waals surface area contributed by atoms with E-state index in [-0.39, 0.29) is 17.9 Å². The van der Waals surface area contributed by atoms with Crippen molar-refractivity contribution in [1.29, 1.82) is 0 Å². The first-order valence-electron chi connectivity index (χ1n) is 7.09. The molecule has 4 nitrogen and oxygen atoms in total. The fourth-order valence-electron chi connectivity index (χ4n) is 2.25. The van der Waals surface area contributed by atoms with Crippen LogP contribution in [0.15, 0.2) is 24.3 Å². The molecule has 1 aliphatic rings. The first-order chi connectivity index (χ1) is 10.3. The van der Waals surface area contributed by atoms with Crippen molar-refractivity contribution < 1.29 is 14.6 Å². The van der Waals surface area contributed by atoms with Crippen molar-refractivity contribution in [1.82, 2.24) is 4.90 Å². The Balaban J connectivity index is 2.08. The molecule has 1 fully saturated rings. The second-order valence-corrected chi connectivity index (χ2v) is 6.85. The SMILES string of the molecule is CCOc1ccccc1C1SCC(=O)N1CCSCCO. The molecule has 1 amide bonds. The van der Waals surface area contributed by atoms with Gasteiger partial charge in [-0.25, -0.2) is 0 Å². The van der Waals surface area contributed by atoms with Crippen LogP contribution in [-0.4, -0.2) is 52.9 Å². The lowest BCUT2D eigenvalue weighted by Crippen LogP contribution is -2.30. The molecule has 1 atom stereocenters. The highest BCUT2D eigenvalue weighted by Crippen LogP contribution is 2.42. The van der Waals surface area contributed by atoms with E-state index in [1.807, 2.05) is 36.1 Å². The minimum absolute atomic E-state index is 0.0370. The van der Waals surface area contributed by atoms with E-state index in [2.05, 4.69) is 0 Å². The summed E-state index contributed by atoms with van der Waals surface area (Å²) in [4.78, 5) is 14.0. The molecular formula is C15H21NO3S2.